The van der Waals surface area contributed by atoms with Gasteiger partial charge in [-0.25, -0.2) is 27.5 Å². The summed E-state index contributed by atoms with van der Waals surface area (Å²) in [6.45, 7) is 3.33. The zero-order valence-corrected chi connectivity index (χ0v) is 24.4. The van der Waals surface area contributed by atoms with Crippen LogP contribution in [0.4, 0.5) is 23.5 Å². The Morgan fingerprint density at radius 1 is 1.24 bits per heavy atom. The van der Waals surface area contributed by atoms with Crippen molar-refractivity contribution in [2.75, 3.05) is 37.8 Å². The standard InChI is InChI=1S/C26H30ClF4N7O3S/c1-25(39)6-8-36(15-25)12-16-3-4-22(19(27)9-16)38-13-17(10-33-38)23-18(26(29,30)31)11-32-24(35-23)34-21-5-7-37(14-20(21)28)42(2,40)41/h3-4,9-11,13,20-21,39H,5-8,12,14-15H2,1-2H3,(H,32,34,35)/t20-,21?,25-/m1/s1. The summed E-state index contributed by atoms with van der Waals surface area (Å²) in [4.78, 5) is 9.93. The second kappa shape index (κ2) is 11.3. The first-order valence-corrected chi connectivity index (χ1v) is 15.4. The average molecular weight is 632 g/mol. The molecule has 2 N–H and O–H groups in total. The molecule has 2 fully saturated rings. The number of alkyl halides is 4. The summed E-state index contributed by atoms with van der Waals surface area (Å²) < 4.78 is 82.3. The molecule has 0 spiro atoms. The van der Waals surface area contributed by atoms with Gasteiger partial charge < -0.3 is 10.4 Å². The summed E-state index contributed by atoms with van der Waals surface area (Å²) in [6.07, 6.45) is -1.44. The molecule has 0 aliphatic carbocycles. The lowest BCUT2D eigenvalue weighted by Gasteiger charge is -2.33. The quantitative estimate of drug-likeness (QED) is 0.379. The predicted octanol–water partition coefficient (Wildman–Crippen LogP) is 3.74. The van der Waals surface area contributed by atoms with Gasteiger partial charge in [-0.15, -0.1) is 0 Å². The number of likely N-dealkylation sites (tertiary alicyclic amines) is 1. The van der Waals surface area contributed by atoms with E-state index in [-0.39, 0.29) is 31.0 Å². The van der Waals surface area contributed by atoms with Gasteiger partial charge in [0.05, 0.1) is 40.5 Å². The fourth-order valence-electron chi connectivity index (χ4n) is 5.23. The van der Waals surface area contributed by atoms with Gasteiger partial charge in [-0.3, -0.25) is 4.90 Å². The monoisotopic (exact) mass is 631 g/mol. The summed E-state index contributed by atoms with van der Waals surface area (Å²) in [6, 6.07) is 4.41. The number of benzene rings is 1. The van der Waals surface area contributed by atoms with Gasteiger partial charge in [0.1, 0.15) is 11.7 Å². The Labute approximate surface area is 245 Å². The first-order chi connectivity index (χ1) is 19.6. The molecule has 3 atom stereocenters. The molecule has 2 aliphatic rings. The largest absolute Gasteiger partial charge is 0.419 e. The molecule has 2 aliphatic heterocycles. The van der Waals surface area contributed by atoms with Crippen LogP contribution in [-0.2, 0) is 22.7 Å². The van der Waals surface area contributed by atoms with Crippen LogP contribution in [0.5, 0.6) is 0 Å². The number of hydrogen-bond acceptors (Lipinski definition) is 8. The molecule has 2 saturated heterocycles. The number of aliphatic hydroxyl groups is 1. The minimum absolute atomic E-state index is 0.0379. The predicted molar refractivity (Wildman–Crippen MR) is 148 cm³/mol. The van der Waals surface area contributed by atoms with E-state index in [1.807, 2.05) is 6.07 Å². The third-order valence-electron chi connectivity index (χ3n) is 7.43. The molecule has 0 amide bonds. The number of nitrogens with one attached hydrogen (secondary N) is 1. The first-order valence-electron chi connectivity index (χ1n) is 13.2. The Balaban J connectivity index is 1.37. The lowest BCUT2D eigenvalue weighted by molar-refractivity contribution is -0.137. The smallest absolute Gasteiger partial charge is 0.389 e. The number of halogens is 5. The molecule has 0 radical (unpaired) electrons. The number of nitrogens with zero attached hydrogens (tertiary/aromatic N) is 6. The van der Waals surface area contributed by atoms with Crippen LogP contribution < -0.4 is 5.32 Å². The van der Waals surface area contributed by atoms with Crippen LogP contribution in [-0.4, -0.2) is 92.7 Å². The maximum Gasteiger partial charge on any atom is 0.419 e. The molecule has 5 rings (SSSR count). The van der Waals surface area contributed by atoms with Gasteiger partial charge in [-0.2, -0.15) is 22.6 Å². The molecular formula is C26H30ClF4N7O3S. The minimum atomic E-state index is -4.78. The third kappa shape index (κ3) is 6.86. The number of aromatic nitrogens is 4. The van der Waals surface area contributed by atoms with Crippen LogP contribution in [0.15, 0.2) is 36.8 Å². The SMILES string of the molecule is C[C@@]1(O)CCN(Cc2ccc(-n3cc(-c4nc(NC5CCN(S(C)(=O)=O)C[C@H]5F)ncc4C(F)(F)F)cn3)c(Cl)c2)C1. The van der Waals surface area contributed by atoms with E-state index in [0.29, 0.717) is 36.4 Å². The molecule has 4 heterocycles. The maximum absolute atomic E-state index is 14.8. The number of β-amino-alcohol motifs (C(OH)–C–C–N with tert-alkyl or cyclic N) is 1. The van der Waals surface area contributed by atoms with Crippen LogP contribution in [0.3, 0.4) is 0 Å². The summed E-state index contributed by atoms with van der Waals surface area (Å²) in [7, 11) is -3.58. The maximum atomic E-state index is 14.8. The van der Waals surface area contributed by atoms with E-state index in [4.69, 9.17) is 11.6 Å². The number of rotatable bonds is 7. The second-order valence-electron chi connectivity index (χ2n) is 11.0. The van der Waals surface area contributed by atoms with Crippen molar-refractivity contribution in [3.05, 3.63) is 52.9 Å². The van der Waals surface area contributed by atoms with E-state index >= 15 is 0 Å². The van der Waals surface area contributed by atoms with E-state index in [9.17, 15) is 31.1 Å². The summed E-state index contributed by atoms with van der Waals surface area (Å²) in [5.41, 5.74) is -0.893. The zero-order chi connectivity index (χ0) is 30.4. The van der Waals surface area contributed by atoms with Gasteiger partial charge in [-0.05, 0) is 37.5 Å². The molecule has 3 aromatic rings. The Hall–Kier alpha value is -2.85. The van der Waals surface area contributed by atoms with Crippen molar-refractivity contribution in [3.8, 4) is 16.9 Å². The highest BCUT2D eigenvalue weighted by molar-refractivity contribution is 7.88. The highest BCUT2D eigenvalue weighted by Gasteiger charge is 2.37. The highest BCUT2D eigenvalue weighted by atomic mass is 35.5. The first kappa shape index (κ1) is 30.6. The van der Waals surface area contributed by atoms with Crippen molar-refractivity contribution < 1.29 is 31.1 Å². The number of sulfonamides is 1. The van der Waals surface area contributed by atoms with Gasteiger partial charge in [0, 0.05) is 50.7 Å². The van der Waals surface area contributed by atoms with Gasteiger partial charge in [0.15, 0.2) is 0 Å². The second-order valence-corrected chi connectivity index (χ2v) is 13.4. The van der Waals surface area contributed by atoms with Crippen molar-refractivity contribution in [1.82, 2.24) is 29.0 Å². The van der Waals surface area contributed by atoms with Crippen molar-refractivity contribution in [2.24, 2.45) is 0 Å². The molecule has 1 aromatic carbocycles. The Kier molecular flexibility index (Phi) is 8.26. The van der Waals surface area contributed by atoms with Gasteiger partial charge in [-0.1, -0.05) is 17.7 Å². The van der Waals surface area contributed by atoms with Crippen LogP contribution >= 0.6 is 11.6 Å². The fraction of sp³-hybridized carbons (Fsp3) is 0.500. The number of anilines is 1. The zero-order valence-electron chi connectivity index (χ0n) is 22.8. The minimum Gasteiger partial charge on any atom is -0.389 e. The molecule has 42 heavy (non-hydrogen) atoms. The van der Waals surface area contributed by atoms with Gasteiger partial charge >= 0.3 is 6.18 Å². The molecule has 228 valence electrons. The molecule has 16 heteroatoms. The van der Waals surface area contributed by atoms with Crippen molar-refractivity contribution in [1.29, 1.82) is 0 Å². The topological polar surface area (TPSA) is 116 Å². The Bertz CT molecular complexity index is 1570. The Morgan fingerprint density at radius 3 is 2.62 bits per heavy atom. The van der Waals surface area contributed by atoms with Crippen molar-refractivity contribution >= 4 is 27.6 Å². The third-order valence-corrected chi connectivity index (χ3v) is 9.01. The van der Waals surface area contributed by atoms with Gasteiger partial charge in [0.2, 0.25) is 16.0 Å². The van der Waals surface area contributed by atoms with E-state index in [1.54, 1.807) is 19.1 Å². The van der Waals surface area contributed by atoms with Crippen LogP contribution in [0.25, 0.3) is 16.9 Å². The summed E-state index contributed by atoms with van der Waals surface area (Å²) in [5, 5.41) is 17.5. The number of piperidine rings is 1. The summed E-state index contributed by atoms with van der Waals surface area (Å²) in [5.74, 6) is -0.227. The van der Waals surface area contributed by atoms with Crippen LogP contribution in [0.2, 0.25) is 5.02 Å². The van der Waals surface area contributed by atoms with Crippen molar-refractivity contribution in [2.45, 2.75) is 50.3 Å². The van der Waals surface area contributed by atoms with Crippen LogP contribution in [0.1, 0.15) is 30.9 Å². The highest BCUT2D eigenvalue weighted by Crippen LogP contribution is 2.37. The lowest BCUT2D eigenvalue weighted by Crippen LogP contribution is -2.49. The normalized spacial score (nSPS) is 24.3. The average Bonchev–Trinajstić information content (AvgIpc) is 3.50. The molecule has 0 bridgehead atoms. The lowest BCUT2D eigenvalue weighted by atomic mass is 10.1. The van der Waals surface area contributed by atoms with E-state index in [2.05, 4.69) is 25.3 Å². The molecule has 0 saturated carbocycles. The van der Waals surface area contributed by atoms with Gasteiger partial charge in [0.25, 0.3) is 0 Å². The van der Waals surface area contributed by atoms with E-state index < -0.39 is 45.3 Å². The van der Waals surface area contributed by atoms with E-state index in [1.165, 1.54) is 17.1 Å². The van der Waals surface area contributed by atoms with E-state index in [0.717, 1.165) is 22.7 Å². The molecule has 1 unspecified atom stereocenters. The molecular weight excluding hydrogens is 602 g/mol. The fourth-order valence-corrected chi connectivity index (χ4v) is 6.37. The Morgan fingerprint density at radius 2 is 2.00 bits per heavy atom. The summed E-state index contributed by atoms with van der Waals surface area (Å²) >= 11 is 6.53. The number of hydrogen-bond donors (Lipinski definition) is 2. The van der Waals surface area contributed by atoms with Crippen LogP contribution in [0, 0.1) is 0 Å². The molecule has 10 nitrogen and oxygen atoms in total. The molecule has 2 aromatic heterocycles. The van der Waals surface area contributed by atoms with Crippen molar-refractivity contribution in [3.63, 3.8) is 0 Å².